The molecule has 0 aliphatic rings. The number of hydrogen-bond acceptors (Lipinski definition) is 3. The van der Waals surface area contributed by atoms with Crippen molar-refractivity contribution < 1.29 is 13.6 Å². The van der Waals surface area contributed by atoms with E-state index in [1.54, 1.807) is 19.2 Å². The van der Waals surface area contributed by atoms with Gasteiger partial charge in [0, 0.05) is 25.7 Å². The number of benzene rings is 1. The molecule has 0 atom stereocenters. The van der Waals surface area contributed by atoms with E-state index in [9.17, 15) is 4.39 Å². The molecule has 0 fully saturated rings. The summed E-state index contributed by atoms with van der Waals surface area (Å²) >= 11 is 2.30. The SMILES string of the molecule is CCC[Si](CCC)(CCC)OCCc1nc(-c2ccc(F)cc2)c(I)n1COC. The highest BCUT2D eigenvalue weighted by atomic mass is 127. The summed E-state index contributed by atoms with van der Waals surface area (Å²) in [4.78, 5) is 4.87. The van der Waals surface area contributed by atoms with Crippen molar-refractivity contribution in [3.8, 4) is 11.3 Å². The van der Waals surface area contributed by atoms with Crippen molar-refractivity contribution in [2.75, 3.05) is 13.7 Å². The van der Waals surface area contributed by atoms with Crippen LogP contribution in [0, 0.1) is 9.52 Å². The van der Waals surface area contributed by atoms with E-state index in [0.717, 1.165) is 27.2 Å². The minimum atomic E-state index is -1.67. The Bertz CT molecular complexity index is 735. The van der Waals surface area contributed by atoms with Gasteiger partial charge in [0.1, 0.15) is 27.8 Å². The Hall–Kier alpha value is -0.773. The zero-order valence-corrected chi connectivity index (χ0v) is 21.3. The maximum Gasteiger partial charge on any atom is 0.192 e. The molecule has 0 saturated carbocycles. The first-order valence-corrected chi connectivity index (χ1v) is 14.2. The van der Waals surface area contributed by atoms with Gasteiger partial charge in [-0.25, -0.2) is 9.37 Å². The van der Waals surface area contributed by atoms with E-state index in [4.69, 9.17) is 14.1 Å². The smallest absolute Gasteiger partial charge is 0.192 e. The molecule has 1 heterocycles. The fraction of sp³-hybridized carbons (Fsp3) is 0.591. The summed E-state index contributed by atoms with van der Waals surface area (Å²) in [6, 6.07) is 10.2. The molecule has 1 aromatic heterocycles. The van der Waals surface area contributed by atoms with Crippen molar-refractivity contribution in [3.05, 3.63) is 39.6 Å². The third-order valence-corrected chi connectivity index (χ3v) is 11.4. The average molecular weight is 533 g/mol. The van der Waals surface area contributed by atoms with Crippen LogP contribution in [-0.2, 0) is 22.3 Å². The minimum absolute atomic E-state index is 0.238. The van der Waals surface area contributed by atoms with Crippen LogP contribution in [0.15, 0.2) is 24.3 Å². The number of nitrogens with zero attached hydrogens (tertiary/aromatic N) is 2. The van der Waals surface area contributed by atoms with Gasteiger partial charge in [-0.3, -0.25) is 4.57 Å². The monoisotopic (exact) mass is 532 g/mol. The lowest BCUT2D eigenvalue weighted by molar-refractivity contribution is 0.125. The molecule has 0 unspecified atom stereocenters. The Balaban J connectivity index is 2.20. The second-order valence-corrected chi connectivity index (χ2v) is 12.7. The van der Waals surface area contributed by atoms with Crippen LogP contribution in [0.1, 0.15) is 45.9 Å². The van der Waals surface area contributed by atoms with Crippen molar-refractivity contribution in [1.82, 2.24) is 9.55 Å². The molecular formula is C22H34FIN2O2Si. The molecule has 0 bridgehead atoms. The highest BCUT2D eigenvalue weighted by Crippen LogP contribution is 2.29. The normalized spacial score (nSPS) is 11.9. The van der Waals surface area contributed by atoms with Gasteiger partial charge in [0.05, 0.1) is 0 Å². The van der Waals surface area contributed by atoms with Crippen LogP contribution in [0.5, 0.6) is 0 Å². The summed E-state index contributed by atoms with van der Waals surface area (Å²) in [5, 5.41) is 0. The van der Waals surface area contributed by atoms with Crippen LogP contribution in [0.2, 0.25) is 18.1 Å². The second kappa shape index (κ2) is 12.2. The molecule has 0 aliphatic heterocycles. The minimum Gasteiger partial charge on any atom is -0.416 e. The highest BCUT2D eigenvalue weighted by molar-refractivity contribution is 14.1. The van der Waals surface area contributed by atoms with Gasteiger partial charge in [0.2, 0.25) is 0 Å². The van der Waals surface area contributed by atoms with E-state index in [1.807, 2.05) is 0 Å². The summed E-state index contributed by atoms with van der Waals surface area (Å²) in [6.07, 6.45) is 4.33. The Labute approximate surface area is 189 Å². The van der Waals surface area contributed by atoms with Gasteiger partial charge in [0.25, 0.3) is 0 Å². The van der Waals surface area contributed by atoms with E-state index in [1.165, 1.54) is 49.5 Å². The van der Waals surface area contributed by atoms with Gasteiger partial charge in [0.15, 0.2) is 8.32 Å². The topological polar surface area (TPSA) is 36.3 Å². The van der Waals surface area contributed by atoms with Gasteiger partial charge in [-0.1, -0.05) is 40.0 Å². The van der Waals surface area contributed by atoms with Gasteiger partial charge in [-0.05, 0) is 65.0 Å². The van der Waals surface area contributed by atoms with Crippen LogP contribution in [0.25, 0.3) is 11.3 Å². The Kier molecular flexibility index (Phi) is 10.3. The standard InChI is InChI=1S/C22H34FIN2O2Si/c1-5-14-29(15-6-2,16-7-3)28-13-12-20-25-21(22(24)26(20)17-27-4)18-8-10-19(23)11-9-18/h8-11H,5-7,12-17H2,1-4H3. The largest absolute Gasteiger partial charge is 0.416 e. The summed E-state index contributed by atoms with van der Waals surface area (Å²) in [7, 11) is 0.0160. The molecule has 0 amide bonds. The second-order valence-electron chi connectivity index (χ2n) is 7.55. The lowest BCUT2D eigenvalue weighted by Crippen LogP contribution is -2.38. The molecule has 0 radical (unpaired) electrons. The quantitative estimate of drug-likeness (QED) is 0.215. The van der Waals surface area contributed by atoms with E-state index in [0.29, 0.717) is 13.3 Å². The van der Waals surface area contributed by atoms with Crippen LogP contribution in [0.3, 0.4) is 0 Å². The van der Waals surface area contributed by atoms with E-state index in [-0.39, 0.29) is 5.82 Å². The van der Waals surface area contributed by atoms with Gasteiger partial charge < -0.3 is 9.16 Å². The van der Waals surface area contributed by atoms with Gasteiger partial charge in [-0.2, -0.15) is 0 Å². The van der Waals surface area contributed by atoms with Crippen molar-refractivity contribution in [1.29, 1.82) is 0 Å². The van der Waals surface area contributed by atoms with Crippen LogP contribution >= 0.6 is 22.6 Å². The molecule has 7 heteroatoms. The average Bonchev–Trinajstić information content (AvgIpc) is 2.99. The molecule has 162 valence electrons. The van der Waals surface area contributed by atoms with Gasteiger partial charge >= 0.3 is 0 Å². The number of ether oxygens (including phenoxy) is 1. The molecule has 29 heavy (non-hydrogen) atoms. The van der Waals surface area contributed by atoms with Crippen LogP contribution in [0.4, 0.5) is 4.39 Å². The van der Waals surface area contributed by atoms with Crippen LogP contribution < -0.4 is 0 Å². The van der Waals surface area contributed by atoms with Crippen molar-refractivity contribution >= 4 is 30.9 Å². The molecule has 4 nitrogen and oxygen atoms in total. The van der Waals surface area contributed by atoms with E-state index < -0.39 is 8.32 Å². The first kappa shape index (κ1) is 24.5. The fourth-order valence-electron chi connectivity index (χ4n) is 4.04. The molecule has 0 saturated heterocycles. The lowest BCUT2D eigenvalue weighted by Gasteiger charge is -2.31. The third-order valence-electron chi connectivity index (χ3n) is 5.21. The number of imidazole rings is 1. The zero-order valence-electron chi connectivity index (χ0n) is 18.1. The zero-order chi connectivity index (χ0) is 21.3. The van der Waals surface area contributed by atoms with Crippen molar-refractivity contribution in [3.63, 3.8) is 0 Å². The van der Waals surface area contributed by atoms with Crippen molar-refractivity contribution in [2.24, 2.45) is 0 Å². The molecule has 2 aromatic rings. The summed E-state index contributed by atoms with van der Waals surface area (Å²) in [6.45, 7) is 7.94. The Morgan fingerprint density at radius 2 is 1.62 bits per heavy atom. The molecule has 0 N–H and O–H groups in total. The first-order chi connectivity index (χ1) is 14.0. The fourth-order valence-corrected chi connectivity index (χ4v) is 9.34. The maximum absolute atomic E-state index is 13.3. The molecule has 1 aromatic carbocycles. The molecule has 2 rings (SSSR count). The van der Waals surface area contributed by atoms with Crippen molar-refractivity contribution in [2.45, 2.75) is 71.3 Å². The molecule has 0 spiro atoms. The number of halogens is 2. The van der Waals surface area contributed by atoms with Gasteiger partial charge in [-0.15, -0.1) is 0 Å². The molecular weight excluding hydrogens is 498 g/mol. The summed E-state index contributed by atoms with van der Waals surface area (Å²) in [5.41, 5.74) is 1.79. The highest BCUT2D eigenvalue weighted by Gasteiger charge is 2.32. The lowest BCUT2D eigenvalue weighted by atomic mass is 10.2. The Morgan fingerprint density at radius 1 is 1.03 bits per heavy atom. The van der Waals surface area contributed by atoms with E-state index >= 15 is 0 Å². The maximum atomic E-state index is 13.3. The third kappa shape index (κ3) is 6.60. The number of hydrogen-bond donors (Lipinski definition) is 0. The number of methoxy groups -OCH3 is 1. The molecule has 0 aliphatic carbocycles. The van der Waals surface area contributed by atoms with E-state index in [2.05, 4.69) is 47.9 Å². The summed E-state index contributed by atoms with van der Waals surface area (Å²) < 4.78 is 28.5. The predicted octanol–water partition coefficient (Wildman–Crippen LogP) is 6.63. The first-order valence-electron chi connectivity index (χ1n) is 10.6. The predicted molar refractivity (Wildman–Crippen MR) is 128 cm³/mol. The summed E-state index contributed by atoms with van der Waals surface area (Å²) in [5.74, 6) is 0.723. The van der Waals surface area contributed by atoms with Crippen LogP contribution in [-0.4, -0.2) is 31.6 Å². The number of rotatable bonds is 13. The number of aromatic nitrogens is 2. The Morgan fingerprint density at radius 3 is 2.14 bits per heavy atom.